The Morgan fingerprint density at radius 1 is 1.12 bits per heavy atom. The Morgan fingerprint density at radius 3 is 2.47 bits per heavy atom. The van der Waals surface area contributed by atoms with Crippen molar-refractivity contribution in [2.75, 3.05) is 0 Å². The Hall–Kier alpha value is -3.00. The van der Waals surface area contributed by atoms with E-state index in [1.807, 2.05) is 0 Å². The van der Waals surface area contributed by atoms with Crippen molar-refractivity contribution in [3.05, 3.63) is 81.4 Å². The summed E-state index contributed by atoms with van der Waals surface area (Å²) in [5, 5.41) is 9.00. The van der Waals surface area contributed by atoms with Gasteiger partial charge in [0.1, 0.15) is 18.2 Å². The standard InChI is InChI=1S/C23H20ClF4NO3/c1-13-14(2)21(7-3-15(13)4-8-22(30)31)32-12-20-17(23(26,27)28)9-10-29(20)19-6-5-16(24)11-18(19)25/h3,5-7,9-11H,4,8,12H2,1-2H3,(H,30,31). The molecule has 0 fully saturated rings. The lowest BCUT2D eigenvalue weighted by molar-refractivity contribution is -0.139. The molecule has 4 nitrogen and oxygen atoms in total. The van der Waals surface area contributed by atoms with Gasteiger partial charge in [-0.15, -0.1) is 0 Å². The lowest BCUT2D eigenvalue weighted by Crippen LogP contribution is -2.13. The molecular formula is C23H20ClF4NO3. The number of aryl methyl sites for hydroxylation is 1. The van der Waals surface area contributed by atoms with Gasteiger partial charge in [-0.2, -0.15) is 13.2 Å². The minimum Gasteiger partial charge on any atom is -0.487 e. The van der Waals surface area contributed by atoms with Crippen molar-refractivity contribution in [3.8, 4) is 11.4 Å². The first-order valence-corrected chi connectivity index (χ1v) is 10.0. The zero-order valence-electron chi connectivity index (χ0n) is 17.3. The molecule has 1 aromatic heterocycles. The summed E-state index contributed by atoms with van der Waals surface area (Å²) in [7, 11) is 0. The molecule has 0 saturated carbocycles. The van der Waals surface area contributed by atoms with Crippen molar-refractivity contribution in [3.63, 3.8) is 0 Å². The van der Waals surface area contributed by atoms with Crippen LogP contribution in [-0.4, -0.2) is 15.6 Å². The summed E-state index contributed by atoms with van der Waals surface area (Å²) in [6.07, 6.45) is -3.21. The third-order valence-electron chi connectivity index (χ3n) is 5.29. The van der Waals surface area contributed by atoms with E-state index < -0.39 is 30.1 Å². The smallest absolute Gasteiger partial charge is 0.418 e. The van der Waals surface area contributed by atoms with E-state index in [1.165, 1.54) is 12.1 Å². The van der Waals surface area contributed by atoms with E-state index in [1.54, 1.807) is 26.0 Å². The fourth-order valence-corrected chi connectivity index (χ4v) is 3.60. The second-order valence-corrected chi connectivity index (χ2v) is 7.73. The zero-order valence-corrected chi connectivity index (χ0v) is 18.0. The summed E-state index contributed by atoms with van der Waals surface area (Å²) in [6.45, 7) is 3.09. The van der Waals surface area contributed by atoms with Gasteiger partial charge in [0.15, 0.2) is 0 Å². The van der Waals surface area contributed by atoms with Crippen LogP contribution in [-0.2, 0) is 24.0 Å². The molecule has 32 heavy (non-hydrogen) atoms. The van der Waals surface area contributed by atoms with Gasteiger partial charge in [-0.1, -0.05) is 17.7 Å². The SMILES string of the molecule is Cc1c(CCC(=O)O)ccc(OCc2c(C(F)(F)F)ccn2-c2ccc(Cl)cc2F)c1C. The van der Waals surface area contributed by atoms with Crippen molar-refractivity contribution in [1.29, 1.82) is 0 Å². The summed E-state index contributed by atoms with van der Waals surface area (Å²) in [5.74, 6) is -1.32. The number of nitrogens with zero attached hydrogens (tertiary/aromatic N) is 1. The molecule has 0 saturated heterocycles. The van der Waals surface area contributed by atoms with Crippen LogP contribution in [0, 0.1) is 19.7 Å². The molecule has 0 atom stereocenters. The lowest BCUT2D eigenvalue weighted by Gasteiger charge is -2.17. The fourth-order valence-electron chi connectivity index (χ4n) is 3.44. The molecule has 3 aromatic rings. The molecule has 0 bridgehead atoms. The molecule has 170 valence electrons. The monoisotopic (exact) mass is 469 g/mol. The predicted octanol–water partition coefficient (Wildman–Crippen LogP) is 6.50. The van der Waals surface area contributed by atoms with Gasteiger partial charge in [-0.05, 0) is 67.3 Å². The van der Waals surface area contributed by atoms with E-state index >= 15 is 0 Å². The van der Waals surface area contributed by atoms with E-state index in [2.05, 4.69) is 0 Å². The van der Waals surface area contributed by atoms with Gasteiger partial charge in [0, 0.05) is 17.6 Å². The Balaban J connectivity index is 1.94. The number of aliphatic carboxylic acids is 1. The maximum atomic E-state index is 14.4. The maximum absolute atomic E-state index is 14.4. The van der Waals surface area contributed by atoms with Crippen molar-refractivity contribution in [2.24, 2.45) is 0 Å². The number of rotatable bonds is 7. The molecule has 0 aliphatic carbocycles. The summed E-state index contributed by atoms with van der Waals surface area (Å²) in [6, 6.07) is 7.89. The highest BCUT2D eigenvalue weighted by Gasteiger charge is 2.36. The Labute approximate surface area is 187 Å². The van der Waals surface area contributed by atoms with Crippen LogP contribution in [0.5, 0.6) is 5.75 Å². The van der Waals surface area contributed by atoms with E-state index in [4.69, 9.17) is 21.4 Å². The number of hydrogen-bond acceptors (Lipinski definition) is 2. The topological polar surface area (TPSA) is 51.5 Å². The van der Waals surface area contributed by atoms with E-state index in [0.717, 1.165) is 34.0 Å². The Morgan fingerprint density at radius 2 is 1.84 bits per heavy atom. The Kier molecular flexibility index (Phi) is 6.83. The minimum absolute atomic E-state index is 0.0321. The number of carboxylic acid groups (broad SMARTS) is 1. The maximum Gasteiger partial charge on any atom is 0.418 e. The summed E-state index contributed by atoms with van der Waals surface area (Å²) >= 11 is 5.76. The van der Waals surface area contributed by atoms with Crippen LogP contribution in [0.4, 0.5) is 17.6 Å². The molecule has 9 heteroatoms. The van der Waals surface area contributed by atoms with Crippen molar-refractivity contribution in [1.82, 2.24) is 4.57 Å². The third kappa shape index (κ3) is 5.07. The average molecular weight is 470 g/mol. The van der Waals surface area contributed by atoms with Gasteiger partial charge in [-0.3, -0.25) is 4.79 Å². The predicted molar refractivity (Wildman–Crippen MR) is 112 cm³/mol. The highest BCUT2D eigenvalue weighted by molar-refractivity contribution is 6.30. The van der Waals surface area contributed by atoms with Crippen molar-refractivity contribution < 1.29 is 32.2 Å². The lowest BCUT2D eigenvalue weighted by atomic mass is 9.99. The van der Waals surface area contributed by atoms with Crippen LogP contribution < -0.4 is 4.74 Å². The molecule has 3 rings (SSSR count). The second kappa shape index (κ2) is 9.24. The summed E-state index contributed by atoms with van der Waals surface area (Å²) < 4.78 is 62.0. The van der Waals surface area contributed by atoms with Crippen LogP contribution in [0.25, 0.3) is 5.69 Å². The second-order valence-electron chi connectivity index (χ2n) is 7.29. The van der Waals surface area contributed by atoms with E-state index in [9.17, 15) is 22.4 Å². The molecule has 0 amide bonds. The van der Waals surface area contributed by atoms with Crippen molar-refractivity contribution in [2.45, 2.75) is 39.5 Å². The molecule has 0 spiro atoms. The average Bonchev–Trinajstić information content (AvgIpc) is 3.12. The molecule has 2 aromatic carbocycles. The number of alkyl halides is 3. The summed E-state index contributed by atoms with van der Waals surface area (Å²) in [5.41, 5.74) is 1.04. The van der Waals surface area contributed by atoms with Gasteiger partial charge in [-0.25, -0.2) is 4.39 Å². The fraction of sp³-hybridized carbons (Fsp3) is 0.261. The van der Waals surface area contributed by atoms with E-state index in [0.29, 0.717) is 17.7 Å². The van der Waals surface area contributed by atoms with Gasteiger partial charge >= 0.3 is 12.1 Å². The number of halogens is 5. The normalized spacial score (nSPS) is 11.6. The first-order valence-electron chi connectivity index (χ1n) is 9.65. The van der Waals surface area contributed by atoms with Crippen LogP contribution in [0.3, 0.4) is 0 Å². The quantitative estimate of drug-likeness (QED) is 0.402. The number of carbonyl (C=O) groups is 1. The van der Waals surface area contributed by atoms with Crippen LogP contribution >= 0.6 is 11.6 Å². The minimum atomic E-state index is -4.65. The molecular weight excluding hydrogens is 450 g/mol. The third-order valence-corrected chi connectivity index (χ3v) is 5.52. The van der Waals surface area contributed by atoms with Gasteiger partial charge in [0.25, 0.3) is 0 Å². The molecule has 0 aliphatic rings. The highest BCUT2D eigenvalue weighted by Crippen LogP contribution is 2.35. The molecule has 0 radical (unpaired) electrons. The van der Waals surface area contributed by atoms with Gasteiger partial charge in [0.2, 0.25) is 0 Å². The first-order chi connectivity index (χ1) is 15.0. The number of ether oxygens (including phenoxy) is 1. The Bertz CT molecular complexity index is 1150. The van der Waals surface area contributed by atoms with E-state index in [-0.39, 0.29) is 22.8 Å². The molecule has 1 N–H and O–H groups in total. The van der Waals surface area contributed by atoms with Crippen LogP contribution in [0.2, 0.25) is 5.02 Å². The number of hydrogen-bond donors (Lipinski definition) is 1. The largest absolute Gasteiger partial charge is 0.487 e. The van der Waals surface area contributed by atoms with Crippen LogP contribution in [0.1, 0.15) is 34.4 Å². The number of benzene rings is 2. The van der Waals surface area contributed by atoms with Gasteiger partial charge in [0.05, 0.1) is 16.9 Å². The highest BCUT2D eigenvalue weighted by atomic mass is 35.5. The zero-order chi connectivity index (χ0) is 23.6. The molecule has 0 unspecified atom stereocenters. The van der Waals surface area contributed by atoms with Crippen molar-refractivity contribution >= 4 is 17.6 Å². The first kappa shape index (κ1) is 23.7. The summed E-state index contributed by atoms with van der Waals surface area (Å²) in [4.78, 5) is 10.8. The molecule has 0 aliphatic heterocycles. The van der Waals surface area contributed by atoms with Crippen LogP contribution in [0.15, 0.2) is 42.6 Å². The molecule has 1 heterocycles. The number of aromatic nitrogens is 1. The van der Waals surface area contributed by atoms with Gasteiger partial charge < -0.3 is 14.4 Å². The number of carboxylic acids is 1.